The molecule has 0 aliphatic carbocycles. The Morgan fingerprint density at radius 1 is 1.43 bits per heavy atom. The smallest absolute Gasteiger partial charge is 0.0262 e. The van der Waals surface area contributed by atoms with Gasteiger partial charge in [0.25, 0.3) is 0 Å². The molecular weight excluding hydrogens is 92.1 g/mol. The molecule has 0 aromatic heterocycles. The Kier molecular flexibility index (Phi) is 2.83. The molecule has 0 spiro atoms. The summed E-state index contributed by atoms with van der Waals surface area (Å²) in [7, 11) is 3.52. The average Bonchev–Trinajstić information content (AvgIpc) is 1.61. The van der Waals surface area contributed by atoms with Crippen LogP contribution >= 0.6 is 0 Å². The maximum atomic E-state index is 3.47. The number of nitrogens with zero attached hydrogens (tertiary/aromatic N) is 4. The van der Waals surface area contributed by atoms with E-state index < -0.39 is 0 Å². The molecule has 0 heterocycles. The highest BCUT2D eigenvalue weighted by molar-refractivity contribution is 5.22. The molecule has 0 bridgehead atoms. The van der Waals surface area contributed by atoms with Gasteiger partial charge in [0.15, 0.2) is 0 Å². The van der Waals surface area contributed by atoms with Gasteiger partial charge in [-0.1, -0.05) is 5.22 Å². The second-order valence-electron chi connectivity index (χ2n) is 1.17. The van der Waals surface area contributed by atoms with Gasteiger partial charge in [-0.2, -0.15) is 0 Å². The summed E-state index contributed by atoms with van der Waals surface area (Å²) in [6.07, 6.45) is 0. The normalized spacial score (nSPS) is 9.43. The second kappa shape index (κ2) is 3.27. The molecule has 0 unspecified atom stereocenters. The minimum absolute atomic E-state index is 1.54. The first-order valence-electron chi connectivity index (χ1n) is 1.81. The first kappa shape index (κ1) is 6.07. The highest BCUT2D eigenvalue weighted by Gasteiger charge is 1.70. The van der Waals surface area contributed by atoms with Crippen molar-refractivity contribution in [3.8, 4) is 0 Å². The molecule has 4 nitrogen and oxygen atoms in total. The summed E-state index contributed by atoms with van der Waals surface area (Å²) in [6, 6.07) is 0. The first-order chi connectivity index (χ1) is 3.27. The third kappa shape index (κ3) is 5.07. The highest BCUT2D eigenvalue weighted by atomic mass is 15.6. The minimum Gasteiger partial charge on any atom is -0.283 e. The lowest BCUT2D eigenvalue weighted by atomic mass is 11.2. The highest BCUT2D eigenvalue weighted by Crippen LogP contribution is 1.76. The van der Waals surface area contributed by atoms with Crippen LogP contribution in [0.25, 0.3) is 0 Å². The molecule has 0 aromatic carbocycles. The summed E-state index contributed by atoms with van der Waals surface area (Å²) in [5.74, 6) is 0. The van der Waals surface area contributed by atoms with Gasteiger partial charge < -0.3 is 0 Å². The Morgan fingerprint density at radius 3 is 2.14 bits per heavy atom. The molecule has 0 fully saturated rings. The van der Waals surface area contributed by atoms with E-state index in [1.165, 1.54) is 5.01 Å². The summed E-state index contributed by atoms with van der Waals surface area (Å²) >= 11 is 0. The first-order valence-corrected chi connectivity index (χ1v) is 1.81. The molecule has 0 saturated heterocycles. The zero-order valence-corrected chi connectivity index (χ0v) is 4.50. The van der Waals surface area contributed by atoms with Crippen LogP contribution in [0.3, 0.4) is 0 Å². The quantitative estimate of drug-likeness (QED) is 0.283. The zero-order valence-electron chi connectivity index (χ0n) is 4.50. The van der Waals surface area contributed by atoms with Gasteiger partial charge in [0, 0.05) is 20.8 Å². The number of hydrogen-bond donors (Lipinski definition) is 0. The summed E-state index contributed by atoms with van der Waals surface area (Å²) < 4.78 is 0. The lowest BCUT2D eigenvalue weighted by molar-refractivity contribution is 0.401. The largest absolute Gasteiger partial charge is 0.283 e. The SMILES string of the molecule is C=NN=NN(C)C. The van der Waals surface area contributed by atoms with Crippen molar-refractivity contribution in [3.05, 3.63) is 0 Å². The Bertz CT molecular complexity index is 75.0. The van der Waals surface area contributed by atoms with Crippen LogP contribution in [0.2, 0.25) is 0 Å². The number of rotatable bonds is 2. The van der Waals surface area contributed by atoms with Crippen LogP contribution in [0.15, 0.2) is 15.5 Å². The lowest BCUT2D eigenvalue weighted by Gasteiger charge is -1.95. The van der Waals surface area contributed by atoms with Crippen molar-refractivity contribution in [2.24, 2.45) is 15.5 Å². The van der Waals surface area contributed by atoms with E-state index in [2.05, 4.69) is 22.3 Å². The molecule has 0 N–H and O–H groups in total. The predicted octanol–water partition coefficient (Wildman–Crippen LogP) is 0.531. The van der Waals surface area contributed by atoms with E-state index in [1.807, 2.05) is 0 Å². The molecule has 0 saturated carbocycles. The van der Waals surface area contributed by atoms with E-state index in [-0.39, 0.29) is 0 Å². The molecule has 0 aliphatic rings. The van der Waals surface area contributed by atoms with Gasteiger partial charge in [0.1, 0.15) is 0 Å². The van der Waals surface area contributed by atoms with Gasteiger partial charge >= 0.3 is 0 Å². The van der Waals surface area contributed by atoms with Crippen LogP contribution in [0.4, 0.5) is 0 Å². The Labute approximate surface area is 42.5 Å². The topological polar surface area (TPSA) is 40.3 Å². The Hall–Kier alpha value is -0.930. The fourth-order valence-corrected chi connectivity index (χ4v) is 0.108. The van der Waals surface area contributed by atoms with Crippen LogP contribution < -0.4 is 0 Å². The van der Waals surface area contributed by atoms with Gasteiger partial charge in [-0.3, -0.25) is 5.01 Å². The molecule has 0 rings (SSSR count). The van der Waals surface area contributed by atoms with Crippen molar-refractivity contribution < 1.29 is 0 Å². The number of hydrogen-bond acceptors (Lipinski definition) is 2. The third-order valence-electron chi connectivity index (χ3n) is 0.282. The molecule has 40 valence electrons. The minimum atomic E-state index is 1.54. The Morgan fingerprint density at radius 2 is 2.00 bits per heavy atom. The summed E-state index contributed by atoms with van der Waals surface area (Å²) in [4.78, 5) is 0. The van der Waals surface area contributed by atoms with Crippen LogP contribution in [0.5, 0.6) is 0 Å². The summed E-state index contributed by atoms with van der Waals surface area (Å²) in [5.41, 5.74) is 0. The van der Waals surface area contributed by atoms with E-state index in [1.54, 1.807) is 14.1 Å². The average molecular weight is 100 g/mol. The van der Waals surface area contributed by atoms with Crippen LogP contribution in [-0.4, -0.2) is 25.8 Å². The third-order valence-corrected chi connectivity index (χ3v) is 0.282. The van der Waals surface area contributed by atoms with E-state index in [9.17, 15) is 0 Å². The van der Waals surface area contributed by atoms with Crippen molar-refractivity contribution in [1.29, 1.82) is 0 Å². The van der Waals surface area contributed by atoms with Crippen LogP contribution in [0, 0.1) is 0 Å². The molecule has 0 atom stereocenters. The van der Waals surface area contributed by atoms with E-state index >= 15 is 0 Å². The maximum Gasteiger partial charge on any atom is 0.0262 e. The molecule has 7 heavy (non-hydrogen) atoms. The van der Waals surface area contributed by atoms with Gasteiger partial charge in [-0.25, -0.2) is 0 Å². The van der Waals surface area contributed by atoms with Crippen molar-refractivity contribution in [2.75, 3.05) is 14.1 Å². The standard InChI is InChI=1S/C3H8N4/c1-4-5-6-7(2)3/h1H2,2-3H3. The maximum absolute atomic E-state index is 3.47. The van der Waals surface area contributed by atoms with Crippen molar-refractivity contribution in [1.82, 2.24) is 5.01 Å². The fraction of sp³-hybridized carbons (Fsp3) is 0.667. The van der Waals surface area contributed by atoms with Crippen LogP contribution in [0.1, 0.15) is 0 Å². The van der Waals surface area contributed by atoms with Gasteiger partial charge in [0.05, 0.1) is 0 Å². The summed E-state index contributed by atoms with van der Waals surface area (Å²) in [6.45, 7) is 3.10. The van der Waals surface area contributed by atoms with Gasteiger partial charge in [-0.15, -0.1) is 5.10 Å². The van der Waals surface area contributed by atoms with Crippen molar-refractivity contribution >= 4 is 6.72 Å². The molecular formula is C3H8N4. The molecule has 0 aromatic rings. The zero-order chi connectivity index (χ0) is 5.70. The fourth-order valence-electron chi connectivity index (χ4n) is 0.108. The van der Waals surface area contributed by atoms with E-state index in [0.29, 0.717) is 0 Å². The van der Waals surface area contributed by atoms with Crippen molar-refractivity contribution in [2.45, 2.75) is 0 Å². The predicted molar refractivity (Wildman–Crippen MR) is 28.1 cm³/mol. The van der Waals surface area contributed by atoms with Gasteiger partial charge in [0.2, 0.25) is 0 Å². The van der Waals surface area contributed by atoms with Crippen LogP contribution in [-0.2, 0) is 0 Å². The Balaban J connectivity index is 3.25. The molecule has 0 aliphatic heterocycles. The van der Waals surface area contributed by atoms with Gasteiger partial charge in [-0.05, 0) is 5.22 Å². The lowest BCUT2D eigenvalue weighted by Crippen LogP contribution is -1.98. The monoisotopic (exact) mass is 100 g/mol. The van der Waals surface area contributed by atoms with Crippen molar-refractivity contribution in [3.63, 3.8) is 0 Å². The van der Waals surface area contributed by atoms with E-state index in [4.69, 9.17) is 0 Å². The van der Waals surface area contributed by atoms with E-state index in [0.717, 1.165) is 0 Å². The second-order valence-corrected chi connectivity index (χ2v) is 1.17. The molecule has 0 amide bonds. The molecule has 0 radical (unpaired) electrons. The summed E-state index contributed by atoms with van der Waals surface area (Å²) in [5, 5.41) is 11.4. The molecule has 4 heteroatoms.